The number of imide groups is 1. The zero-order valence-electron chi connectivity index (χ0n) is 22.0. The molecule has 2 aliphatic heterocycles. The van der Waals surface area contributed by atoms with Crippen LogP contribution in [-0.2, 0) is 21.6 Å². The summed E-state index contributed by atoms with van der Waals surface area (Å²) >= 11 is 6.26. The molecule has 0 saturated carbocycles. The van der Waals surface area contributed by atoms with Gasteiger partial charge in [0.2, 0.25) is 0 Å². The monoisotopic (exact) mass is 602 g/mol. The number of halogens is 4. The molecular weight excluding hydrogens is 577 g/mol. The Kier molecular flexibility index (Phi) is 8.13. The number of hydrogen-bond acceptors (Lipinski definition) is 6. The maximum Gasteiger partial charge on any atom is 0.422 e. The molecule has 0 aliphatic carbocycles. The highest BCUT2D eigenvalue weighted by atomic mass is 35.5. The van der Waals surface area contributed by atoms with Gasteiger partial charge in [-0.1, -0.05) is 54.1 Å². The predicted molar refractivity (Wildman–Crippen MR) is 149 cm³/mol. The molecule has 0 bridgehead atoms. The Hall–Kier alpha value is -4.13. The minimum absolute atomic E-state index is 0.0748. The summed E-state index contributed by atoms with van der Waals surface area (Å²) in [5.41, 5.74) is -0.00323. The molecule has 9 nitrogen and oxygen atoms in total. The number of rotatable bonds is 7. The third-order valence-corrected chi connectivity index (χ3v) is 7.50. The van der Waals surface area contributed by atoms with E-state index in [9.17, 15) is 27.6 Å². The number of ether oxygens (including phenoxy) is 1. The summed E-state index contributed by atoms with van der Waals surface area (Å²) in [6, 6.07) is 13.8. The number of anilines is 2. The van der Waals surface area contributed by atoms with E-state index in [-0.39, 0.29) is 23.4 Å². The molecule has 3 aromatic carbocycles. The molecule has 1 unspecified atom stereocenters. The first kappa shape index (κ1) is 29.4. The van der Waals surface area contributed by atoms with Gasteiger partial charge in [0.15, 0.2) is 5.60 Å². The summed E-state index contributed by atoms with van der Waals surface area (Å²) in [6.07, 6.45) is -6.96. The van der Waals surface area contributed by atoms with Gasteiger partial charge in [-0.05, 0) is 54.4 Å². The first-order chi connectivity index (χ1) is 20.0. The average molecular weight is 603 g/mol. The Morgan fingerprint density at radius 1 is 1.10 bits per heavy atom. The molecule has 5 rings (SSSR count). The van der Waals surface area contributed by atoms with Crippen molar-refractivity contribution in [1.29, 1.82) is 0 Å². The molecule has 0 aromatic heterocycles. The van der Waals surface area contributed by atoms with Gasteiger partial charge in [-0.15, -0.1) is 0 Å². The van der Waals surface area contributed by atoms with Crippen LogP contribution in [0.3, 0.4) is 0 Å². The molecule has 2 aliphatic rings. The largest absolute Gasteiger partial charge is 0.465 e. The van der Waals surface area contributed by atoms with Crippen LogP contribution in [0.25, 0.3) is 0 Å². The zero-order valence-corrected chi connectivity index (χ0v) is 22.7. The Labute approximate surface area is 243 Å². The van der Waals surface area contributed by atoms with Crippen LogP contribution in [-0.4, -0.2) is 48.5 Å². The van der Waals surface area contributed by atoms with Crippen molar-refractivity contribution >= 4 is 41.1 Å². The number of hydrogen-bond donors (Lipinski definition) is 4. The van der Waals surface area contributed by atoms with Crippen molar-refractivity contribution in [1.82, 2.24) is 10.6 Å². The van der Waals surface area contributed by atoms with Crippen LogP contribution in [0.5, 0.6) is 0 Å². The second-order valence-corrected chi connectivity index (χ2v) is 10.5. The molecule has 3 amide bonds. The standard InChI is InChI=1S/C29H26ClF3N4O5/c30-19-8-11-23-21(15-19)28(12-13-34-16-28)42-27(41)37(23)25(38)22(14-17-4-2-1-3-5-17)36-24(29(31,32)33)18-6-9-20(10-7-18)35-26(39)40/h1-11,15,22,24,34-36H,12-14,16H2,(H,39,40)/t22-,24?,28-/m0/s1. The van der Waals surface area contributed by atoms with Crippen molar-refractivity contribution in [3.8, 4) is 0 Å². The Bertz CT molecular complexity index is 1480. The van der Waals surface area contributed by atoms with Crippen LogP contribution in [0, 0.1) is 0 Å². The van der Waals surface area contributed by atoms with E-state index < -0.39 is 42.0 Å². The molecule has 0 radical (unpaired) electrons. The fourth-order valence-corrected chi connectivity index (χ4v) is 5.49. The Morgan fingerprint density at radius 2 is 1.81 bits per heavy atom. The molecule has 1 spiro atoms. The number of carbonyl (C=O) groups excluding carboxylic acids is 2. The zero-order chi connectivity index (χ0) is 30.1. The van der Waals surface area contributed by atoms with Crippen molar-refractivity contribution in [2.75, 3.05) is 23.3 Å². The molecule has 3 aromatic rings. The maximum atomic E-state index is 14.5. The molecule has 42 heavy (non-hydrogen) atoms. The summed E-state index contributed by atoms with van der Waals surface area (Å²) in [7, 11) is 0. The number of carboxylic acid groups (broad SMARTS) is 1. The quantitative estimate of drug-likeness (QED) is 0.278. The van der Waals surface area contributed by atoms with E-state index in [1.54, 1.807) is 36.4 Å². The second kappa shape index (κ2) is 11.6. The summed E-state index contributed by atoms with van der Waals surface area (Å²) in [5.74, 6) is -0.938. The summed E-state index contributed by atoms with van der Waals surface area (Å²) in [6.45, 7) is 0.849. The van der Waals surface area contributed by atoms with E-state index in [0.717, 1.165) is 17.0 Å². The van der Waals surface area contributed by atoms with Gasteiger partial charge in [0.05, 0.1) is 11.7 Å². The van der Waals surface area contributed by atoms with E-state index in [2.05, 4.69) is 16.0 Å². The van der Waals surface area contributed by atoms with Crippen LogP contribution >= 0.6 is 11.6 Å². The molecule has 2 heterocycles. The Morgan fingerprint density at radius 3 is 2.43 bits per heavy atom. The molecule has 1 fully saturated rings. The van der Waals surface area contributed by atoms with Crippen LogP contribution in [0.4, 0.5) is 34.1 Å². The van der Waals surface area contributed by atoms with E-state index in [0.29, 0.717) is 35.7 Å². The van der Waals surface area contributed by atoms with Crippen LogP contribution in [0.15, 0.2) is 72.8 Å². The number of nitrogens with one attached hydrogen (secondary N) is 3. The molecule has 4 N–H and O–H groups in total. The van der Waals surface area contributed by atoms with Gasteiger partial charge in [-0.25, -0.2) is 14.5 Å². The van der Waals surface area contributed by atoms with E-state index in [4.69, 9.17) is 21.4 Å². The first-order valence-corrected chi connectivity index (χ1v) is 13.4. The van der Waals surface area contributed by atoms with Crippen LogP contribution in [0.2, 0.25) is 5.02 Å². The number of fused-ring (bicyclic) bond motifs is 2. The smallest absolute Gasteiger partial charge is 0.422 e. The third-order valence-electron chi connectivity index (χ3n) is 7.26. The maximum absolute atomic E-state index is 14.5. The lowest BCUT2D eigenvalue weighted by molar-refractivity contribution is -0.160. The van der Waals surface area contributed by atoms with Crippen LogP contribution in [0.1, 0.15) is 29.2 Å². The highest BCUT2D eigenvalue weighted by Crippen LogP contribution is 2.44. The van der Waals surface area contributed by atoms with Gasteiger partial charge in [0.25, 0.3) is 5.91 Å². The molecule has 13 heteroatoms. The topological polar surface area (TPSA) is 120 Å². The highest BCUT2D eigenvalue weighted by Gasteiger charge is 2.50. The summed E-state index contributed by atoms with van der Waals surface area (Å²) < 4.78 is 49.2. The minimum Gasteiger partial charge on any atom is -0.465 e. The van der Waals surface area contributed by atoms with Crippen molar-refractivity contribution in [3.63, 3.8) is 0 Å². The Balaban J connectivity index is 1.53. The predicted octanol–water partition coefficient (Wildman–Crippen LogP) is 5.61. The van der Waals surface area contributed by atoms with Crippen molar-refractivity contribution in [3.05, 3.63) is 94.5 Å². The number of alkyl halides is 3. The lowest BCUT2D eigenvalue weighted by atomic mass is 9.89. The van der Waals surface area contributed by atoms with E-state index in [1.807, 2.05) is 0 Å². The van der Waals surface area contributed by atoms with Crippen molar-refractivity contribution < 1.29 is 37.4 Å². The SMILES string of the molecule is O=C(O)Nc1ccc(C(N[C@@H](Cc2ccccc2)C(=O)N2C(=O)O[C@]3(CCNC3)c3cc(Cl)ccc32)C(F)(F)F)cc1. The lowest BCUT2D eigenvalue weighted by Crippen LogP contribution is -2.56. The van der Waals surface area contributed by atoms with Crippen LogP contribution < -0.4 is 20.9 Å². The number of nitrogens with zero attached hydrogens (tertiary/aromatic N) is 1. The van der Waals surface area contributed by atoms with Gasteiger partial charge in [0.1, 0.15) is 6.04 Å². The molecule has 220 valence electrons. The molecule has 1 saturated heterocycles. The second-order valence-electron chi connectivity index (χ2n) is 10.1. The highest BCUT2D eigenvalue weighted by molar-refractivity contribution is 6.31. The minimum atomic E-state index is -4.86. The molecule has 3 atom stereocenters. The van der Waals surface area contributed by atoms with Gasteiger partial charge < -0.3 is 15.2 Å². The van der Waals surface area contributed by atoms with Gasteiger partial charge in [-0.3, -0.25) is 15.4 Å². The summed E-state index contributed by atoms with van der Waals surface area (Å²) in [5, 5.41) is 16.9. The fraction of sp³-hybridized carbons (Fsp3) is 0.276. The van der Waals surface area contributed by atoms with Gasteiger partial charge >= 0.3 is 18.4 Å². The van der Waals surface area contributed by atoms with Gasteiger partial charge in [0, 0.05) is 29.2 Å². The van der Waals surface area contributed by atoms with E-state index in [1.165, 1.54) is 24.3 Å². The fourth-order valence-electron chi connectivity index (χ4n) is 5.32. The third kappa shape index (κ3) is 6.06. The average Bonchev–Trinajstić information content (AvgIpc) is 3.40. The normalized spacial score (nSPS) is 19.6. The number of amides is 3. The number of carbonyl (C=O) groups is 3. The number of benzene rings is 3. The lowest BCUT2D eigenvalue weighted by Gasteiger charge is -2.40. The van der Waals surface area contributed by atoms with Crippen molar-refractivity contribution in [2.24, 2.45) is 0 Å². The molecular formula is C29H26ClF3N4O5. The first-order valence-electron chi connectivity index (χ1n) is 13.0. The van der Waals surface area contributed by atoms with Gasteiger partial charge in [-0.2, -0.15) is 13.2 Å². The van der Waals surface area contributed by atoms with Crippen molar-refractivity contribution in [2.45, 2.75) is 36.7 Å². The summed E-state index contributed by atoms with van der Waals surface area (Å²) in [4.78, 5) is 39.2. The van der Waals surface area contributed by atoms with E-state index >= 15 is 0 Å².